The zero-order valence-corrected chi connectivity index (χ0v) is 12.0. The average Bonchev–Trinajstić information content (AvgIpc) is 2.44. The molecule has 0 aliphatic heterocycles. The molecule has 2 aromatic rings. The fourth-order valence-corrected chi connectivity index (χ4v) is 2.30. The Morgan fingerprint density at radius 1 is 1.29 bits per heavy atom. The Hall–Kier alpha value is -2.43. The van der Waals surface area contributed by atoms with E-state index in [1.54, 1.807) is 25.1 Å². The van der Waals surface area contributed by atoms with Gasteiger partial charge in [0.05, 0.1) is 11.0 Å². The number of halogens is 1. The molecule has 110 valence electrons. The topological polar surface area (TPSA) is 55.2 Å². The van der Waals surface area contributed by atoms with E-state index in [2.05, 4.69) is 5.32 Å². The Labute approximate surface area is 122 Å². The first-order valence-electron chi connectivity index (χ1n) is 6.78. The Bertz CT molecular complexity index is 658. The van der Waals surface area contributed by atoms with Crippen LogP contribution in [0.5, 0.6) is 0 Å². The maximum Gasteiger partial charge on any atom is 0.272 e. The van der Waals surface area contributed by atoms with E-state index in [0.717, 1.165) is 17.7 Å². The molecule has 0 amide bonds. The van der Waals surface area contributed by atoms with Gasteiger partial charge in [0.2, 0.25) is 0 Å². The fourth-order valence-electron chi connectivity index (χ4n) is 2.30. The van der Waals surface area contributed by atoms with Gasteiger partial charge in [-0.1, -0.05) is 19.1 Å². The van der Waals surface area contributed by atoms with Crippen molar-refractivity contribution in [1.29, 1.82) is 0 Å². The normalized spacial score (nSPS) is 12.0. The van der Waals surface area contributed by atoms with Crippen LogP contribution in [0.25, 0.3) is 0 Å². The molecule has 2 rings (SSSR count). The van der Waals surface area contributed by atoms with Crippen molar-refractivity contribution < 1.29 is 9.31 Å². The van der Waals surface area contributed by atoms with Gasteiger partial charge >= 0.3 is 0 Å². The molecule has 0 spiro atoms. The van der Waals surface area contributed by atoms with Gasteiger partial charge in [0.1, 0.15) is 5.82 Å². The van der Waals surface area contributed by atoms with Gasteiger partial charge in [-0.25, -0.2) is 4.39 Å². The minimum absolute atomic E-state index is 0.0402. The second kappa shape index (κ2) is 6.35. The first kappa shape index (κ1) is 15.0. The minimum Gasteiger partial charge on any atom is -0.378 e. The largest absolute Gasteiger partial charge is 0.378 e. The number of hydrogen-bond acceptors (Lipinski definition) is 3. The molecule has 0 aromatic heterocycles. The molecular weight excluding hydrogens is 271 g/mol. The van der Waals surface area contributed by atoms with Crippen LogP contribution in [0.15, 0.2) is 42.5 Å². The average molecular weight is 288 g/mol. The van der Waals surface area contributed by atoms with Gasteiger partial charge in [0.15, 0.2) is 0 Å². The highest BCUT2D eigenvalue weighted by Gasteiger charge is 2.13. The van der Waals surface area contributed by atoms with Crippen molar-refractivity contribution >= 4 is 11.4 Å². The zero-order valence-electron chi connectivity index (χ0n) is 12.0. The van der Waals surface area contributed by atoms with Gasteiger partial charge in [-0.2, -0.15) is 0 Å². The van der Waals surface area contributed by atoms with E-state index in [1.807, 2.05) is 13.0 Å². The molecule has 0 bridgehead atoms. The molecule has 0 heterocycles. The van der Waals surface area contributed by atoms with Crippen LogP contribution in [-0.2, 0) is 0 Å². The number of benzene rings is 2. The van der Waals surface area contributed by atoms with Crippen LogP contribution in [0.2, 0.25) is 0 Å². The lowest BCUT2D eigenvalue weighted by Gasteiger charge is -2.19. The first-order chi connectivity index (χ1) is 10.0. The third kappa shape index (κ3) is 3.56. The highest BCUT2D eigenvalue weighted by molar-refractivity contribution is 5.54. The number of aryl methyl sites for hydroxylation is 1. The zero-order chi connectivity index (χ0) is 15.4. The van der Waals surface area contributed by atoms with Crippen molar-refractivity contribution in [3.05, 3.63) is 69.5 Å². The van der Waals surface area contributed by atoms with E-state index >= 15 is 0 Å². The number of nitro benzene ring substituents is 1. The standard InChI is InChI=1S/C16H17FN2O2/c1-3-15(12-5-4-6-13(17)10-12)18-14-7-8-16(19(20)21)11(2)9-14/h4-10,15,18H,3H2,1-2H3. The van der Waals surface area contributed by atoms with Gasteiger partial charge < -0.3 is 5.32 Å². The lowest BCUT2D eigenvalue weighted by Crippen LogP contribution is -2.10. The van der Waals surface area contributed by atoms with E-state index in [4.69, 9.17) is 0 Å². The van der Waals surface area contributed by atoms with Gasteiger partial charge in [0.25, 0.3) is 5.69 Å². The molecule has 5 heteroatoms. The molecule has 0 saturated carbocycles. The lowest BCUT2D eigenvalue weighted by molar-refractivity contribution is -0.385. The summed E-state index contributed by atoms with van der Waals surface area (Å²) in [6.45, 7) is 3.70. The van der Waals surface area contributed by atoms with Crippen molar-refractivity contribution in [2.75, 3.05) is 5.32 Å². The first-order valence-corrected chi connectivity index (χ1v) is 6.78. The molecule has 2 aromatic carbocycles. The van der Waals surface area contributed by atoms with E-state index < -0.39 is 4.92 Å². The summed E-state index contributed by atoms with van der Waals surface area (Å²) in [7, 11) is 0. The number of hydrogen-bond donors (Lipinski definition) is 1. The summed E-state index contributed by atoms with van der Waals surface area (Å²) in [5, 5.41) is 14.1. The molecule has 4 nitrogen and oxygen atoms in total. The SMILES string of the molecule is CCC(Nc1ccc([N+](=O)[O-])c(C)c1)c1cccc(F)c1. The number of anilines is 1. The quantitative estimate of drug-likeness (QED) is 0.646. The maximum atomic E-state index is 13.3. The van der Waals surface area contributed by atoms with Crippen LogP contribution in [-0.4, -0.2) is 4.92 Å². The third-order valence-electron chi connectivity index (χ3n) is 3.39. The fraction of sp³-hybridized carbons (Fsp3) is 0.250. The molecular formula is C16H17FN2O2. The molecule has 0 saturated heterocycles. The number of rotatable bonds is 5. The van der Waals surface area contributed by atoms with E-state index in [0.29, 0.717) is 5.56 Å². The lowest BCUT2D eigenvalue weighted by atomic mass is 10.0. The van der Waals surface area contributed by atoms with Crippen LogP contribution in [0, 0.1) is 22.9 Å². The summed E-state index contributed by atoms with van der Waals surface area (Å²) in [6, 6.07) is 11.3. The predicted molar refractivity (Wildman–Crippen MR) is 80.9 cm³/mol. The molecule has 1 N–H and O–H groups in total. The summed E-state index contributed by atoms with van der Waals surface area (Å²) in [4.78, 5) is 10.4. The summed E-state index contributed by atoms with van der Waals surface area (Å²) in [5.41, 5.74) is 2.33. The summed E-state index contributed by atoms with van der Waals surface area (Å²) >= 11 is 0. The molecule has 0 fully saturated rings. The van der Waals surface area contributed by atoms with Crippen LogP contribution in [0.4, 0.5) is 15.8 Å². The third-order valence-corrected chi connectivity index (χ3v) is 3.39. The van der Waals surface area contributed by atoms with E-state index in [1.165, 1.54) is 18.2 Å². The molecule has 21 heavy (non-hydrogen) atoms. The molecule has 0 aliphatic rings. The van der Waals surface area contributed by atoms with Crippen LogP contribution in [0.3, 0.4) is 0 Å². The van der Waals surface area contributed by atoms with Gasteiger partial charge in [-0.05, 0) is 43.2 Å². The maximum absolute atomic E-state index is 13.3. The highest BCUT2D eigenvalue weighted by atomic mass is 19.1. The predicted octanol–water partition coefficient (Wildman–Crippen LogP) is 4.61. The van der Waals surface area contributed by atoms with Crippen LogP contribution in [0.1, 0.15) is 30.5 Å². The second-order valence-electron chi connectivity index (χ2n) is 4.92. The van der Waals surface area contributed by atoms with Crippen LogP contribution >= 0.6 is 0 Å². The summed E-state index contributed by atoms with van der Waals surface area (Å²) < 4.78 is 13.3. The Kier molecular flexibility index (Phi) is 4.52. The van der Waals surface area contributed by atoms with Crippen molar-refractivity contribution in [2.45, 2.75) is 26.3 Å². The van der Waals surface area contributed by atoms with Crippen molar-refractivity contribution in [3.63, 3.8) is 0 Å². The van der Waals surface area contributed by atoms with Crippen LogP contribution < -0.4 is 5.32 Å². The Morgan fingerprint density at radius 3 is 2.62 bits per heavy atom. The number of nitro groups is 1. The second-order valence-corrected chi connectivity index (χ2v) is 4.92. The minimum atomic E-state index is -0.400. The van der Waals surface area contributed by atoms with Gasteiger partial charge in [0, 0.05) is 17.3 Å². The smallest absolute Gasteiger partial charge is 0.272 e. The van der Waals surface area contributed by atoms with Crippen molar-refractivity contribution in [3.8, 4) is 0 Å². The summed E-state index contributed by atoms with van der Waals surface area (Å²) in [6.07, 6.45) is 0.777. The monoisotopic (exact) mass is 288 g/mol. The van der Waals surface area contributed by atoms with E-state index in [-0.39, 0.29) is 17.5 Å². The Balaban J connectivity index is 2.23. The van der Waals surface area contributed by atoms with Gasteiger partial charge in [-0.3, -0.25) is 10.1 Å². The number of nitrogens with one attached hydrogen (secondary N) is 1. The van der Waals surface area contributed by atoms with Crippen molar-refractivity contribution in [2.24, 2.45) is 0 Å². The van der Waals surface area contributed by atoms with Crippen molar-refractivity contribution in [1.82, 2.24) is 0 Å². The molecule has 1 unspecified atom stereocenters. The Morgan fingerprint density at radius 2 is 2.05 bits per heavy atom. The number of nitrogens with zero attached hydrogens (tertiary/aromatic N) is 1. The highest BCUT2D eigenvalue weighted by Crippen LogP contribution is 2.26. The van der Waals surface area contributed by atoms with Gasteiger partial charge in [-0.15, -0.1) is 0 Å². The van der Waals surface area contributed by atoms with E-state index in [9.17, 15) is 14.5 Å². The molecule has 0 aliphatic carbocycles. The molecule has 0 radical (unpaired) electrons. The summed E-state index contributed by atoms with van der Waals surface area (Å²) in [5.74, 6) is -0.271. The molecule has 1 atom stereocenters.